The van der Waals surface area contributed by atoms with E-state index >= 15 is 0 Å². The summed E-state index contributed by atoms with van der Waals surface area (Å²) in [5, 5.41) is 0. The summed E-state index contributed by atoms with van der Waals surface area (Å²) in [6.07, 6.45) is 2.58. The van der Waals surface area contributed by atoms with Crippen LogP contribution in [0.15, 0.2) is 0 Å². The van der Waals surface area contributed by atoms with Crippen LogP contribution in [-0.4, -0.2) is 16.9 Å². The molecule has 0 aromatic rings. The normalized spacial score (nSPS) is 16.1. The van der Waals surface area contributed by atoms with E-state index in [4.69, 9.17) is 0 Å². The van der Waals surface area contributed by atoms with E-state index in [1.807, 2.05) is 0 Å². The molecule has 0 saturated carbocycles. The van der Waals surface area contributed by atoms with Crippen LogP contribution >= 0.6 is 22.6 Å². The third kappa shape index (κ3) is 6.21. The second-order valence-electron chi connectivity index (χ2n) is 4.19. The summed E-state index contributed by atoms with van der Waals surface area (Å²) in [5.41, 5.74) is 1.35. The molecule has 0 rings (SSSR count). The van der Waals surface area contributed by atoms with Crippen LogP contribution in [-0.2, 0) is 0 Å². The summed E-state index contributed by atoms with van der Waals surface area (Å²) >= 11 is 2.50. The molecule has 0 bridgehead atoms. The maximum atomic E-state index is 4.06. The van der Waals surface area contributed by atoms with Gasteiger partial charge in [0.2, 0.25) is 0 Å². The van der Waals surface area contributed by atoms with Crippen LogP contribution in [0.25, 0.3) is 0 Å². The van der Waals surface area contributed by atoms with E-state index in [1.54, 1.807) is 0 Å². The Morgan fingerprint density at radius 2 is 1.75 bits per heavy atom. The van der Waals surface area contributed by atoms with Gasteiger partial charge in [0.05, 0.1) is 0 Å². The van der Waals surface area contributed by atoms with Gasteiger partial charge in [-0.05, 0) is 0 Å². The van der Waals surface area contributed by atoms with Crippen molar-refractivity contribution in [3.63, 3.8) is 0 Å². The molecule has 0 N–H and O–H groups in total. The van der Waals surface area contributed by atoms with Gasteiger partial charge in [0.1, 0.15) is 0 Å². The summed E-state index contributed by atoms with van der Waals surface area (Å²) in [5.74, 6) is 1.53. The van der Waals surface area contributed by atoms with Gasteiger partial charge in [-0.1, -0.05) is 0 Å². The Morgan fingerprint density at radius 1 is 1.25 bits per heavy atom. The van der Waals surface area contributed by atoms with Crippen LogP contribution in [0, 0.1) is 11.8 Å². The number of hydrogen-bond acceptors (Lipinski definition) is 0. The first-order valence-corrected chi connectivity index (χ1v) is 5.97. The fourth-order valence-corrected chi connectivity index (χ4v) is 2.07. The van der Waals surface area contributed by atoms with E-state index in [9.17, 15) is 0 Å². The molecule has 0 aliphatic rings. The molecular weight excluding hydrogens is 258 g/mol. The Labute approximate surface area is 91.7 Å². The summed E-state index contributed by atoms with van der Waals surface area (Å²) in [4.78, 5) is 0. The van der Waals surface area contributed by atoms with Crippen molar-refractivity contribution in [2.45, 2.75) is 44.5 Å². The van der Waals surface area contributed by atoms with E-state index < -0.39 is 0 Å². The molecule has 2 heteroatoms. The SMILES string of the molecule is B=C(C)C(CC(C)C)CC(C)I. The van der Waals surface area contributed by atoms with Crippen LogP contribution in [0.1, 0.15) is 40.5 Å². The Morgan fingerprint density at radius 3 is 2.00 bits per heavy atom. The molecule has 0 aliphatic carbocycles. The van der Waals surface area contributed by atoms with Crippen molar-refractivity contribution in [1.29, 1.82) is 0 Å². The molecule has 2 atom stereocenters. The molecule has 70 valence electrons. The van der Waals surface area contributed by atoms with Crippen molar-refractivity contribution in [1.82, 2.24) is 0 Å². The van der Waals surface area contributed by atoms with Crippen molar-refractivity contribution in [3.8, 4) is 0 Å². The number of halogens is 1. The molecular formula is C10H20BI. The Balaban J connectivity index is 3.96. The van der Waals surface area contributed by atoms with Gasteiger partial charge < -0.3 is 0 Å². The number of rotatable bonds is 5. The van der Waals surface area contributed by atoms with Gasteiger partial charge in [0.25, 0.3) is 0 Å². The van der Waals surface area contributed by atoms with Gasteiger partial charge >= 0.3 is 91.8 Å². The van der Waals surface area contributed by atoms with Crippen LogP contribution in [0.3, 0.4) is 0 Å². The maximum absolute atomic E-state index is 4.06. The molecule has 0 saturated heterocycles. The Bertz CT molecular complexity index is 131. The summed E-state index contributed by atoms with van der Waals surface area (Å²) in [6, 6.07) is 0. The minimum absolute atomic E-state index is 0.733. The van der Waals surface area contributed by atoms with Gasteiger partial charge in [-0.2, -0.15) is 0 Å². The topological polar surface area (TPSA) is 0 Å². The van der Waals surface area contributed by atoms with Gasteiger partial charge in [0, 0.05) is 0 Å². The molecule has 0 aromatic carbocycles. The fraction of sp³-hybridized carbons (Fsp3) is 0.900. The molecule has 0 aromatic heterocycles. The van der Waals surface area contributed by atoms with E-state index in [0.29, 0.717) is 0 Å². The molecule has 12 heavy (non-hydrogen) atoms. The van der Waals surface area contributed by atoms with Gasteiger partial charge in [-0.15, -0.1) is 0 Å². The predicted octanol–water partition coefficient (Wildman–Crippen LogP) is 2.96. The van der Waals surface area contributed by atoms with Crippen molar-refractivity contribution in [3.05, 3.63) is 0 Å². The zero-order valence-electron chi connectivity index (χ0n) is 8.73. The number of hydrogen-bond donors (Lipinski definition) is 0. The molecule has 0 spiro atoms. The van der Waals surface area contributed by atoms with Gasteiger partial charge in [0.15, 0.2) is 0 Å². The van der Waals surface area contributed by atoms with Gasteiger partial charge in [-0.25, -0.2) is 0 Å². The average Bonchev–Trinajstić information content (AvgIpc) is 1.83. The molecule has 0 amide bonds. The molecule has 2 unspecified atom stereocenters. The molecule has 0 heterocycles. The summed E-state index contributed by atoms with van der Waals surface area (Å²) in [6.45, 7) is 9.00. The third-order valence-electron chi connectivity index (χ3n) is 2.06. The minimum atomic E-state index is 0.733. The summed E-state index contributed by atoms with van der Waals surface area (Å²) in [7, 11) is 4.06. The number of alkyl halides is 1. The van der Waals surface area contributed by atoms with Gasteiger partial charge in [-0.3, -0.25) is 0 Å². The van der Waals surface area contributed by atoms with Crippen molar-refractivity contribution in [2.75, 3.05) is 0 Å². The molecule has 0 aliphatic heterocycles. The van der Waals surface area contributed by atoms with E-state index in [2.05, 4.69) is 57.8 Å². The first-order chi connectivity index (χ1) is 5.43. The third-order valence-corrected chi connectivity index (χ3v) is 2.57. The molecule has 0 fully saturated rings. The predicted molar refractivity (Wildman–Crippen MR) is 68.9 cm³/mol. The van der Waals surface area contributed by atoms with E-state index in [-0.39, 0.29) is 0 Å². The quantitative estimate of drug-likeness (QED) is 0.412. The van der Waals surface area contributed by atoms with E-state index in [1.165, 1.54) is 18.3 Å². The first kappa shape index (κ1) is 12.7. The van der Waals surface area contributed by atoms with Crippen molar-refractivity contribution >= 4 is 35.5 Å². The standard InChI is InChI=1S/C10H20BI/c1-7(2)5-10(9(4)11)6-8(3)12/h7-8,10-11H,5-6H2,1-4H3. The monoisotopic (exact) mass is 278 g/mol. The van der Waals surface area contributed by atoms with E-state index in [0.717, 1.165) is 15.8 Å². The van der Waals surface area contributed by atoms with Crippen molar-refractivity contribution < 1.29 is 0 Å². The Hall–Kier alpha value is 0.665. The van der Waals surface area contributed by atoms with Crippen molar-refractivity contribution in [2.24, 2.45) is 11.8 Å². The second kappa shape index (κ2) is 6.17. The average molecular weight is 278 g/mol. The Kier molecular flexibility index (Phi) is 6.51. The van der Waals surface area contributed by atoms with Crippen LogP contribution < -0.4 is 0 Å². The zero-order chi connectivity index (χ0) is 9.72. The second-order valence-corrected chi connectivity index (χ2v) is 6.32. The fourth-order valence-electron chi connectivity index (χ4n) is 1.46. The zero-order valence-corrected chi connectivity index (χ0v) is 10.9. The first-order valence-electron chi connectivity index (χ1n) is 4.73. The molecule has 0 nitrogen and oxygen atoms in total. The molecule has 0 radical (unpaired) electrons. The van der Waals surface area contributed by atoms with Crippen LogP contribution in [0.5, 0.6) is 0 Å². The summed E-state index contributed by atoms with van der Waals surface area (Å²) < 4.78 is 0.767. The van der Waals surface area contributed by atoms with Crippen LogP contribution in [0.2, 0.25) is 0 Å². The van der Waals surface area contributed by atoms with Crippen LogP contribution in [0.4, 0.5) is 0 Å².